The number of methoxy groups -OCH3 is 1. The highest BCUT2D eigenvalue weighted by Gasteiger charge is 2.26. The van der Waals surface area contributed by atoms with Gasteiger partial charge < -0.3 is 15.0 Å². The first-order chi connectivity index (χ1) is 10.2. The molecule has 4 nitrogen and oxygen atoms in total. The van der Waals surface area contributed by atoms with E-state index in [2.05, 4.69) is 22.4 Å². The zero-order valence-corrected chi connectivity index (χ0v) is 12.6. The number of fused-ring (bicyclic) bond motifs is 1. The number of amides is 1. The molecule has 1 fully saturated rings. The van der Waals surface area contributed by atoms with E-state index in [1.165, 1.54) is 0 Å². The van der Waals surface area contributed by atoms with Gasteiger partial charge in [0.2, 0.25) is 5.91 Å². The lowest BCUT2D eigenvalue weighted by molar-refractivity contribution is -0.121. The zero-order chi connectivity index (χ0) is 14.8. The summed E-state index contributed by atoms with van der Waals surface area (Å²) in [6.45, 7) is 2.03. The Bertz CT molecular complexity index is 639. The maximum Gasteiger partial charge on any atom is 0.227 e. The molecule has 1 aliphatic rings. The van der Waals surface area contributed by atoms with Crippen LogP contribution in [0.1, 0.15) is 31.4 Å². The molecular weight excluding hydrogens is 264 g/mol. The van der Waals surface area contributed by atoms with E-state index in [1.807, 2.05) is 19.1 Å². The minimum Gasteiger partial charge on any atom is -0.381 e. The summed E-state index contributed by atoms with van der Waals surface area (Å²) in [6, 6.07) is 8.08. The topological polar surface area (TPSA) is 54.1 Å². The number of aryl methyl sites for hydroxylation is 1. The van der Waals surface area contributed by atoms with Crippen LogP contribution in [0.5, 0.6) is 0 Å². The van der Waals surface area contributed by atoms with Crippen LogP contribution in [-0.2, 0) is 9.53 Å². The van der Waals surface area contributed by atoms with Crippen LogP contribution in [0.4, 0.5) is 5.69 Å². The molecule has 0 bridgehead atoms. The van der Waals surface area contributed by atoms with Crippen molar-refractivity contribution in [3.05, 3.63) is 30.0 Å². The SMILES string of the molecule is COC1CCC(C(=O)Nc2cccc3cc(C)[nH]c23)CC1. The van der Waals surface area contributed by atoms with Gasteiger partial charge in [0.05, 0.1) is 17.3 Å². The number of hydrogen-bond donors (Lipinski definition) is 2. The van der Waals surface area contributed by atoms with Crippen molar-refractivity contribution < 1.29 is 9.53 Å². The summed E-state index contributed by atoms with van der Waals surface area (Å²) in [5, 5.41) is 4.22. The molecule has 112 valence electrons. The molecule has 0 atom stereocenters. The Kier molecular flexibility index (Phi) is 3.97. The predicted molar refractivity (Wildman–Crippen MR) is 84.4 cm³/mol. The summed E-state index contributed by atoms with van der Waals surface area (Å²) < 4.78 is 5.36. The molecular formula is C17H22N2O2. The summed E-state index contributed by atoms with van der Waals surface area (Å²) in [7, 11) is 1.75. The van der Waals surface area contributed by atoms with E-state index >= 15 is 0 Å². The molecule has 1 aliphatic carbocycles. The zero-order valence-electron chi connectivity index (χ0n) is 12.6. The van der Waals surface area contributed by atoms with Gasteiger partial charge in [0.25, 0.3) is 0 Å². The Morgan fingerprint density at radius 3 is 2.76 bits per heavy atom. The van der Waals surface area contributed by atoms with Gasteiger partial charge in [-0.2, -0.15) is 0 Å². The lowest BCUT2D eigenvalue weighted by Gasteiger charge is -2.26. The number of para-hydroxylation sites is 1. The van der Waals surface area contributed by atoms with Crippen molar-refractivity contribution in [2.45, 2.75) is 38.7 Å². The van der Waals surface area contributed by atoms with Crippen molar-refractivity contribution in [1.29, 1.82) is 0 Å². The highest BCUT2D eigenvalue weighted by Crippen LogP contribution is 2.29. The number of benzene rings is 1. The van der Waals surface area contributed by atoms with Gasteiger partial charge in [-0.1, -0.05) is 12.1 Å². The highest BCUT2D eigenvalue weighted by atomic mass is 16.5. The summed E-state index contributed by atoms with van der Waals surface area (Å²) >= 11 is 0. The second-order valence-electron chi connectivity index (χ2n) is 5.92. The van der Waals surface area contributed by atoms with Crippen LogP contribution in [0.3, 0.4) is 0 Å². The molecule has 3 rings (SSSR count). The van der Waals surface area contributed by atoms with Gasteiger partial charge in [-0.15, -0.1) is 0 Å². The molecule has 1 heterocycles. The number of nitrogens with one attached hydrogen (secondary N) is 2. The van der Waals surface area contributed by atoms with Gasteiger partial charge in [-0.25, -0.2) is 0 Å². The quantitative estimate of drug-likeness (QED) is 0.905. The second-order valence-corrected chi connectivity index (χ2v) is 5.92. The average molecular weight is 286 g/mol. The van der Waals surface area contributed by atoms with Crippen LogP contribution in [0.15, 0.2) is 24.3 Å². The number of rotatable bonds is 3. The van der Waals surface area contributed by atoms with Crippen LogP contribution >= 0.6 is 0 Å². The van der Waals surface area contributed by atoms with Gasteiger partial charge in [0, 0.05) is 24.1 Å². The standard InChI is InChI=1S/C17H22N2O2/c1-11-10-13-4-3-5-15(16(13)18-11)19-17(20)12-6-8-14(21-2)9-7-12/h3-5,10,12,14,18H,6-9H2,1-2H3,(H,19,20). The van der Waals surface area contributed by atoms with Gasteiger partial charge in [-0.3, -0.25) is 4.79 Å². The number of hydrogen-bond acceptors (Lipinski definition) is 2. The van der Waals surface area contributed by atoms with Gasteiger partial charge in [0.1, 0.15) is 0 Å². The number of carbonyl (C=O) groups is 1. The van der Waals surface area contributed by atoms with Crippen LogP contribution < -0.4 is 5.32 Å². The Morgan fingerprint density at radius 2 is 2.05 bits per heavy atom. The number of ether oxygens (including phenoxy) is 1. The number of aromatic nitrogens is 1. The number of anilines is 1. The smallest absolute Gasteiger partial charge is 0.227 e. The minimum absolute atomic E-state index is 0.0997. The monoisotopic (exact) mass is 286 g/mol. The van der Waals surface area contributed by atoms with E-state index in [4.69, 9.17) is 4.74 Å². The average Bonchev–Trinajstić information content (AvgIpc) is 2.88. The molecule has 0 spiro atoms. The summed E-state index contributed by atoms with van der Waals surface area (Å²) in [6.07, 6.45) is 4.08. The molecule has 1 saturated carbocycles. The lowest BCUT2D eigenvalue weighted by Crippen LogP contribution is -2.29. The summed E-state index contributed by atoms with van der Waals surface area (Å²) in [4.78, 5) is 15.8. The van der Waals surface area contributed by atoms with Gasteiger partial charge in [-0.05, 0) is 44.7 Å². The maximum atomic E-state index is 12.4. The molecule has 2 N–H and O–H groups in total. The molecule has 1 aromatic heterocycles. The maximum absolute atomic E-state index is 12.4. The fourth-order valence-corrected chi connectivity index (χ4v) is 3.20. The van der Waals surface area contributed by atoms with E-state index in [0.717, 1.165) is 48.0 Å². The first-order valence-corrected chi connectivity index (χ1v) is 7.59. The van der Waals surface area contributed by atoms with E-state index in [9.17, 15) is 4.79 Å². The largest absolute Gasteiger partial charge is 0.381 e. The van der Waals surface area contributed by atoms with Gasteiger partial charge >= 0.3 is 0 Å². The van der Waals surface area contributed by atoms with E-state index in [-0.39, 0.29) is 11.8 Å². The van der Waals surface area contributed by atoms with E-state index < -0.39 is 0 Å². The molecule has 0 radical (unpaired) electrons. The third-order valence-electron chi connectivity index (χ3n) is 4.43. The predicted octanol–water partition coefficient (Wildman–Crippen LogP) is 3.62. The molecule has 0 unspecified atom stereocenters. The Labute approximate surface area is 124 Å². The van der Waals surface area contributed by atoms with Gasteiger partial charge in [0.15, 0.2) is 0 Å². The Balaban J connectivity index is 1.72. The van der Waals surface area contributed by atoms with Crippen molar-refractivity contribution in [3.8, 4) is 0 Å². The van der Waals surface area contributed by atoms with Crippen molar-refractivity contribution in [2.24, 2.45) is 5.92 Å². The minimum atomic E-state index is 0.0997. The van der Waals surface area contributed by atoms with Crippen molar-refractivity contribution in [3.63, 3.8) is 0 Å². The third kappa shape index (κ3) is 2.95. The number of aromatic amines is 1. The fraction of sp³-hybridized carbons (Fsp3) is 0.471. The molecule has 2 aromatic rings. The van der Waals surface area contributed by atoms with Crippen molar-refractivity contribution in [1.82, 2.24) is 4.98 Å². The fourth-order valence-electron chi connectivity index (χ4n) is 3.20. The molecule has 1 aromatic carbocycles. The molecule has 21 heavy (non-hydrogen) atoms. The van der Waals surface area contributed by atoms with Crippen molar-refractivity contribution in [2.75, 3.05) is 12.4 Å². The van der Waals surface area contributed by atoms with E-state index in [0.29, 0.717) is 6.10 Å². The normalized spacial score (nSPS) is 22.4. The van der Waals surface area contributed by atoms with Crippen LogP contribution in [-0.4, -0.2) is 24.1 Å². The Hall–Kier alpha value is -1.81. The molecule has 0 aliphatic heterocycles. The van der Waals surface area contributed by atoms with E-state index in [1.54, 1.807) is 7.11 Å². The first-order valence-electron chi connectivity index (χ1n) is 7.59. The number of H-pyrrole nitrogens is 1. The molecule has 4 heteroatoms. The van der Waals surface area contributed by atoms with Crippen LogP contribution in [0.2, 0.25) is 0 Å². The Morgan fingerprint density at radius 1 is 1.29 bits per heavy atom. The molecule has 0 saturated heterocycles. The summed E-state index contributed by atoms with van der Waals surface area (Å²) in [5.74, 6) is 0.229. The first kappa shape index (κ1) is 14.1. The highest BCUT2D eigenvalue weighted by molar-refractivity contribution is 6.01. The second kappa shape index (κ2) is 5.90. The lowest BCUT2D eigenvalue weighted by atomic mass is 9.86. The number of carbonyl (C=O) groups excluding carboxylic acids is 1. The van der Waals surface area contributed by atoms with Crippen molar-refractivity contribution >= 4 is 22.5 Å². The van der Waals surface area contributed by atoms with Crippen LogP contribution in [0.25, 0.3) is 10.9 Å². The third-order valence-corrected chi connectivity index (χ3v) is 4.43. The molecule has 1 amide bonds. The van der Waals surface area contributed by atoms with Crippen LogP contribution in [0, 0.1) is 12.8 Å². The summed E-state index contributed by atoms with van der Waals surface area (Å²) in [5.41, 5.74) is 2.99.